The Hall–Kier alpha value is -2.51. The fourth-order valence-corrected chi connectivity index (χ4v) is 4.37. The number of halogens is 1. The molecule has 0 unspecified atom stereocenters. The Labute approximate surface area is 198 Å². The van der Waals surface area contributed by atoms with Gasteiger partial charge in [0.05, 0.1) is 12.4 Å². The highest BCUT2D eigenvalue weighted by Gasteiger charge is 2.13. The number of hydrogen-bond donors (Lipinski definition) is 1. The van der Waals surface area contributed by atoms with Crippen molar-refractivity contribution >= 4 is 29.3 Å². The quantitative estimate of drug-likeness (QED) is 0.305. The molecule has 1 N–H and O–H groups in total. The number of carbonyl (C=O) groups is 1. The van der Waals surface area contributed by atoms with Crippen molar-refractivity contribution in [2.24, 2.45) is 0 Å². The lowest BCUT2D eigenvalue weighted by Crippen LogP contribution is -2.27. The summed E-state index contributed by atoms with van der Waals surface area (Å²) in [6.45, 7) is 6.02. The van der Waals surface area contributed by atoms with Crippen LogP contribution in [0.2, 0.25) is 5.02 Å². The Morgan fingerprint density at radius 2 is 1.97 bits per heavy atom. The minimum atomic E-state index is 0.00451. The molecule has 0 fully saturated rings. The number of rotatable bonds is 12. The van der Waals surface area contributed by atoms with Crippen LogP contribution in [0.3, 0.4) is 0 Å². The second kappa shape index (κ2) is 12.5. The predicted molar refractivity (Wildman–Crippen MR) is 130 cm³/mol. The summed E-state index contributed by atoms with van der Waals surface area (Å²) < 4.78 is 7.93. The summed E-state index contributed by atoms with van der Waals surface area (Å²) in [6, 6.07) is 15.8. The van der Waals surface area contributed by atoms with Gasteiger partial charge in [-0.05, 0) is 56.0 Å². The van der Waals surface area contributed by atoms with Gasteiger partial charge in [-0.3, -0.25) is 4.79 Å². The monoisotopic (exact) mass is 472 g/mol. The van der Waals surface area contributed by atoms with Crippen molar-refractivity contribution in [1.29, 1.82) is 0 Å². The topological polar surface area (TPSA) is 69.0 Å². The van der Waals surface area contributed by atoms with Crippen LogP contribution in [-0.4, -0.2) is 39.6 Å². The molecule has 8 heteroatoms. The Bertz CT molecular complexity index is 1010. The maximum absolute atomic E-state index is 12.2. The van der Waals surface area contributed by atoms with Crippen molar-refractivity contribution < 1.29 is 9.53 Å². The number of thioether (sulfide) groups is 1. The van der Waals surface area contributed by atoms with Crippen LogP contribution in [0.1, 0.15) is 30.3 Å². The lowest BCUT2D eigenvalue weighted by molar-refractivity contribution is -0.118. The molecule has 1 amide bonds. The maximum atomic E-state index is 12.2. The number of ether oxygens (including phenoxy) is 1. The SMILES string of the molecule is CCn1c(CCCOc2ccc(Cl)cc2C)nnc1SCC(=O)NCCc1ccccc1. The van der Waals surface area contributed by atoms with Crippen LogP contribution in [0.4, 0.5) is 0 Å². The normalized spacial score (nSPS) is 10.8. The van der Waals surface area contributed by atoms with Gasteiger partial charge in [-0.2, -0.15) is 0 Å². The van der Waals surface area contributed by atoms with E-state index in [0.29, 0.717) is 23.9 Å². The minimum Gasteiger partial charge on any atom is -0.493 e. The van der Waals surface area contributed by atoms with Gasteiger partial charge in [-0.25, -0.2) is 0 Å². The van der Waals surface area contributed by atoms with E-state index < -0.39 is 0 Å². The summed E-state index contributed by atoms with van der Waals surface area (Å²) in [5, 5.41) is 13.1. The van der Waals surface area contributed by atoms with E-state index in [-0.39, 0.29) is 5.91 Å². The molecule has 3 aromatic rings. The van der Waals surface area contributed by atoms with Gasteiger partial charge in [-0.1, -0.05) is 53.7 Å². The van der Waals surface area contributed by atoms with Crippen LogP contribution in [0, 0.1) is 6.92 Å². The number of aryl methyl sites for hydroxylation is 2. The molecule has 0 atom stereocenters. The molecule has 3 rings (SSSR count). The van der Waals surface area contributed by atoms with Gasteiger partial charge >= 0.3 is 0 Å². The Kier molecular flexibility index (Phi) is 9.43. The van der Waals surface area contributed by atoms with Crippen molar-refractivity contribution in [2.45, 2.75) is 44.8 Å². The van der Waals surface area contributed by atoms with E-state index >= 15 is 0 Å². The van der Waals surface area contributed by atoms with Crippen LogP contribution in [0.5, 0.6) is 5.75 Å². The Morgan fingerprint density at radius 3 is 2.72 bits per heavy atom. The highest BCUT2D eigenvalue weighted by molar-refractivity contribution is 7.99. The summed E-state index contributed by atoms with van der Waals surface area (Å²) in [5.41, 5.74) is 2.24. The molecule has 2 aromatic carbocycles. The summed E-state index contributed by atoms with van der Waals surface area (Å²) in [6.07, 6.45) is 2.41. The lowest BCUT2D eigenvalue weighted by Gasteiger charge is -2.10. The third kappa shape index (κ3) is 7.28. The molecule has 1 aromatic heterocycles. The number of carbonyl (C=O) groups excluding carboxylic acids is 1. The molecule has 0 spiro atoms. The van der Waals surface area contributed by atoms with Gasteiger partial charge in [0.25, 0.3) is 0 Å². The minimum absolute atomic E-state index is 0.00451. The van der Waals surface area contributed by atoms with E-state index in [0.717, 1.165) is 48.1 Å². The van der Waals surface area contributed by atoms with Gasteiger partial charge in [-0.15, -0.1) is 10.2 Å². The molecule has 0 saturated heterocycles. The van der Waals surface area contributed by atoms with Crippen LogP contribution in [0.25, 0.3) is 0 Å². The largest absolute Gasteiger partial charge is 0.493 e. The number of aromatic nitrogens is 3. The second-order valence-corrected chi connectivity index (χ2v) is 8.76. The first-order chi connectivity index (χ1) is 15.6. The van der Waals surface area contributed by atoms with Gasteiger partial charge in [0.2, 0.25) is 5.91 Å². The zero-order valence-electron chi connectivity index (χ0n) is 18.5. The molecule has 0 aliphatic heterocycles. The van der Waals surface area contributed by atoms with Gasteiger partial charge in [0.1, 0.15) is 11.6 Å². The molecule has 0 radical (unpaired) electrons. The summed E-state index contributed by atoms with van der Waals surface area (Å²) in [4.78, 5) is 12.2. The van der Waals surface area contributed by atoms with Crippen molar-refractivity contribution in [2.75, 3.05) is 18.9 Å². The standard InChI is InChI=1S/C24H29ClN4O2S/c1-3-29-22(10-7-15-31-21-12-11-20(25)16-18(21)2)27-28-24(29)32-17-23(30)26-14-13-19-8-5-4-6-9-19/h4-6,8-9,11-12,16H,3,7,10,13-15,17H2,1-2H3,(H,26,30). The highest BCUT2D eigenvalue weighted by Crippen LogP contribution is 2.22. The summed E-state index contributed by atoms with van der Waals surface area (Å²) in [7, 11) is 0. The molecule has 170 valence electrons. The highest BCUT2D eigenvalue weighted by atomic mass is 35.5. The first-order valence-corrected chi connectivity index (χ1v) is 12.2. The number of benzene rings is 2. The van der Waals surface area contributed by atoms with Crippen molar-refractivity contribution in [3.8, 4) is 5.75 Å². The van der Waals surface area contributed by atoms with Crippen molar-refractivity contribution in [3.63, 3.8) is 0 Å². The van der Waals surface area contributed by atoms with Crippen LogP contribution < -0.4 is 10.1 Å². The van der Waals surface area contributed by atoms with Crippen molar-refractivity contribution in [1.82, 2.24) is 20.1 Å². The fraction of sp³-hybridized carbons (Fsp3) is 0.375. The first-order valence-electron chi connectivity index (χ1n) is 10.8. The van der Waals surface area contributed by atoms with E-state index in [1.54, 1.807) is 0 Å². The predicted octanol–water partition coefficient (Wildman–Crippen LogP) is 4.72. The fourth-order valence-electron chi connectivity index (χ4n) is 3.29. The van der Waals surface area contributed by atoms with Gasteiger partial charge < -0.3 is 14.6 Å². The lowest BCUT2D eigenvalue weighted by atomic mass is 10.1. The number of hydrogen-bond acceptors (Lipinski definition) is 5. The van der Waals surface area contributed by atoms with E-state index in [9.17, 15) is 4.79 Å². The van der Waals surface area contributed by atoms with Gasteiger partial charge in [0.15, 0.2) is 5.16 Å². The molecule has 0 aliphatic rings. The summed E-state index contributed by atoms with van der Waals surface area (Å²) in [5.74, 6) is 2.09. The van der Waals surface area contributed by atoms with Crippen LogP contribution in [0.15, 0.2) is 53.7 Å². The molecule has 32 heavy (non-hydrogen) atoms. The average Bonchev–Trinajstić information content (AvgIpc) is 3.19. The van der Waals surface area contributed by atoms with E-state index in [4.69, 9.17) is 16.3 Å². The van der Waals surface area contributed by atoms with Crippen LogP contribution in [-0.2, 0) is 24.2 Å². The molecule has 0 saturated carbocycles. The maximum Gasteiger partial charge on any atom is 0.230 e. The van der Waals surface area contributed by atoms with Crippen LogP contribution >= 0.6 is 23.4 Å². The van der Waals surface area contributed by atoms with E-state index in [1.807, 2.05) is 43.3 Å². The average molecular weight is 473 g/mol. The Morgan fingerprint density at radius 1 is 1.16 bits per heavy atom. The number of nitrogens with zero attached hydrogens (tertiary/aromatic N) is 3. The van der Waals surface area contributed by atoms with Gasteiger partial charge in [0, 0.05) is 24.5 Å². The third-order valence-corrected chi connectivity index (χ3v) is 6.16. The molecule has 6 nitrogen and oxygen atoms in total. The zero-order valence-corrected chi connectivity index (χ0v) is 20.1. The van der Waals surface area contributed by atoms with E-state index in [2.05, 4.69) is 39.1 Å². The molecular formula is C24H29ClN4O2S. The smallest absolute Gasteiger partial charge is 0.230 e. The third-order valence-electron chi connectivity index (χ3n) is 4.96. The zero-order chi connectivity index (χ0) is 22.8. The number of nitrogens with one attached hydrogen (secondary N) is 1. The molecular weight excluding hydrogens is 444 g/mol. The number of amides is 1. The molecule has 1 heterocycles. The Balaban J connectivity index is 1.41. The summed E-state index contributed by atoms with van der Waals surface area (Å²) >= 11 is 7.41. The molecule has 0 bridgehead atoms. The first kappa shape index (κ1) is 24.1. The molecule has 0 aliphatic carbocycles. The van der Waals surface area contributed by atoms with E-state index in [1.165, 1.54) is 17.3 Å². The second-order valence-electron chi connectivity index (χ2n) is 7.38. The van der Waals surface area contributed by atoms with Crippen molar-refractivity contribution in [3.05, 3.63) is 70.5 Å².